The van der Waals surface area contributed by atoms with Gasteiger partial charge in [0.2, 0.25) is 5.91 Å². The molecule has 1 aliphatic heterocycles. The number of aryl methyl sites for hydroxylation is 1. The highest BCUT2D eigenvalue weighted by Gasteiger charge is 2.31. The first-order valence-corrected chi connectivity index (χ1v) is 9.58. The lowest BCUT2D eigenvalue weighted by Gasteiger charge is -2.15. The van der Waals surface area contributed by atoms with E-state index in [1.807, 2.05) is 19.1 Å². The molecule has 154 valence electrons. The summed E-state index contributed by atoms with van der Waals surface area (Å²) in [5.41, 5.74) is 2.28. The van der Waals surface area contributed by atoms with Gasteiger partial charge in [0, 0.05) is 36.7 Å². The van der Waals surface area contributed by atoms with Crippen LogP contribution in [0.4, 0.5) is 13.2 Å². The van der Waals surface area contributed by atoms with E-state index in [9.17, 15) is 18.0 Å². The van der Waals surface area contributed by atoms with Crippen LogP contribution in [0.2, 0.25) is 0 Å². The smallest absolute Gasteiger partial charge is 0.273 e. The SMILES string of the molecule is Cc1cccc(/C(Cc2ccnc3ccc(C(F)(F)F)cc23)=N/N2CCCC2=O)n1. The minimum atomic E-state index is -4.45. The van der Waals surface area contributed by atoms with Gasteiger partial charge in [0.15, 0.2) is 0 Å². The molecule has 1 aliphatic rings. The van der Waals surface area contributed by atoms with E-state index < -0.39 is 11.7 Å². The van der Waals surface area contributed by atoms with Crippen LogP contribution in [-0.2, 0) is 17.4 Å². The zero-order valence-electron chi connectivity index (χ0n) is 16.3. The highest BCUT2D eigenvalue weighted by atomic mass is 19.4. The van der Waals surface area contributed by atoms with Crippen LogP contribution in [0.25, 0.3) is 10.9 Å². The third kappa shape index (κ3) is 4.17. The molecule has 1 fully saturated rings. The van der Waals surface area contributed by atoms with Crippen molar-refractivity contribution in [3.63, 3.8) is 0 Å². The lowest BCUT2D eigenvalue weighted by molar-refractivity contribution is -0.137. The maximum absolute atomic E-state index is 13.2. The minimum absolute atomic E-state index is 0.0703. The predicted octanol–water partition coefficient (Wildman–Crippen LogP) is 4.53. The Kier molecular flexibility index (Phi) is 5.24. The number of hydrogen-bond donors (Lipinski definition) is 0. The van der Waals surface area contributed by atoms with Crippen LogP contribution in [0, 0.1) is 6.92 Å². The molecule has 2 aromatic heterocycles. The van der Waals surface area contributed by atoms with E-state index in [0.717, 1.165) is 24.2 Å². The fourth-order valence-corrected chi connectivity index (χ4v) is 3.48. The van der Waals surface area contributed by atoms with Crippen LogP contribution in [0.3, 0.4) is 0 Å². The quantitative estimate of drug-likeness (QED) is 0.592. The van der Waals surface area contributed by atoms with Gasteiger partial charge in [-0.25, -0.2) is 5.01 Å². The summed E-state index contributed by atoms with van der Waals surface area (Å²) >= 11 is 0. The molecule has 1 aromatic carbocycles. The van der Waals surface area contributed by atoms with Crippen molar-refractivity contribution in [2.75, 3.05) is 6.54 Å². The number of benzene rings is 1. The number of aromatic nitrogens is 2. The molecule has 0 spiro atoms. The van der Waals surface area contributed by atoms with Gasteiger partial charge >= 0.3 is 6.18 Å². The molecular weight excluding hydrogens is 393 g/mol. The number of halogens is 3. The number of nitrogens with zero attached hydrogens (tertiary/aromatic N) is 4. The van der Waals surface area contributed by atoms with Crippen LogP contribution < -0.4 is 0 Å². The lowest BCUT2D eigenvalue weighted by Crippen LogP contribution is -2.22. The van der Waals surface area contributed by atoms with Crippen LogP contribution in [-0.4, -0.2) is 33.1 Å². The topological polar surface area (TPSA) is 58.5 Å². The summed E-state index contributed by atoms with van der Waals surface area (Å²) in [6, 6.07) is 10.7. The lowest BCUT2D eigenvalue weighted by atomic mass is 10.00. The molecule has 0 atom stereocenters. The van der Waals surface area contributed by atoms with Crippen molar-refractivity contribution in [1.29, 1.82) is 0 Å². The summed E-state index contributed by atoms with van der Waals surface area (Å²) in [5, 5.41) is 6.36. The van der Waals surface area contributed by atoms with E-state index in [4.69, 9.17) is 0 Å². The van der Waals surface area contributed by atoms with Gasteiger partial charge in [0.05, 0.1) is 22.5 Å². The van der Waals surface area contributed by atoms with E-state index in [0.29, 0.717) is 40.8 Å². The van der Waals surface area contributed by atoms with Crippen LogP contribution in [0.5, 0.6) is 0 Å². The van der Waals surface area contributed by atoms with E-state index in [2.05, 4.69) is 15.1 Å². The first-order valence-electron chi connectivity index (χ1n) is 9.58. The van der Waals surface area contributed by atoms with E-state index in [-0.39, 0.29) is 12.3 Å². The highest BCUT2D eigenvalue weighted by Crippen LogP contribution is 2.32. The molecular formula is C22H19F3N4O. The van der Waals surface area contributed by atoms with Crippen LogP contribution in [0.1, 0.15) is 35.4 Å². The predicted molar refractivity (Wildman–Crippen MR) is 107 cm³/mol. The Morgan fingerprint density at radius 3 is 2.73 bits per heavy atom. The molecule has 8 heteroatoms. The molecule has 4 rings (SSSR count). The van der Waals surface area contributed by atoms with E-state index in [1.54, 1.807) is 18.3 Å². The molecule has 0 bridgehead atoms. The third-order valence-corrected chi connectivity index (χ3v) is 4.99. The van der Waals surface area contributed by atoms with E-state index >= 15 is 0 Å². The number of hydrogen-bond acceptors (Lipinski definition) is 4. The molecule has 0 radical (unpaired) electrons. The van der Waals surface area contributed by atoms with Gasteiger partial charge in [-0.2, -0.15) is 18.3 Å². The number of carbonyl (C=O) groups is 1. The van der Waals surface area contributed by atoms with Crippen molar-refractivity contribution in [3.8, 4) is 0 Å². The van der Waals surface area contributed by atoms with Crippen LogP contribution >= 0.6 is 0 Å². The second kappa shape index (κ2) is 7.85. The maximum atomic E-state index is 13.2. The normalized spacial score (nSPS) is 15.3. The number of pyridine rings is 2. The van der Waals surface area contributed by atoms with E-state index in [1.165, 1.54) is 11.1 Å². The highest BCUT2D eigenvalue weighted by molar-refractivity contribution is 6.02. The Labute approximate surface area is 171 Å². The summed E-state index contributed by atoms with van der Waals surface area (Å²) in [4.78, 5) is 20.8. The van der Waals surface area contributed by atoms with Gasteiger partial charge in [-0.1, -0.05) is 6.07 Å². The standard InChI is InChI=1S/C22H19F3N4O/c1-14-4-2-5-19(27-14)20(28-29-11-3-6-21(29)30)12-15-9-10-26-18-8-7-16(13-17(15)18)22(23,24)25/h2,4-5,7-10,13H,3,6,11-12H2,1H3/b28-20+. The first-order chi connectivity index (χ1) is 14.3. The molecule has 0 unspecified atom stereocenters. The molecule has 1 saturated heterocycles. The van der Waals surface area contributed by atoms with Gasteiger partial charge in [0.1, 0.15) is 0 Å². The summed E-state index contributed by atoms with van der Waals surface area (Å²) in [6.45, 7) is 2.36. The zero-order valence-corrected chi connectivity index (χ0v) is 16.3. The molecule has 3 heterocycles. The number of hydrazone groups is 1. The number of fused-ring (bicyclic) bond motifs is 1. The average molecular weight is 412 g/mol. The largest absolute Gasteiger partial charge is 0.416 e. The van der Waals surface area contributed by atoms with Crippen LogP contribution in [0.15, 0.2) is 53.8 Å². The van der Waals surface area contributed by atoms with Crippen molar-refractivity contribution >= 4 is 22.5 Å². The van der Waals surface area contributed by atoms with Crippen molar-refractivity contribution < 1.29 is 18.0 Å². The minimum Gasteiger partial charge on any atom is -0.273 e. The number of carbonyl (C=O) groups excluding carboxylic acids is 1. The number of rotatable bonds is 4. The van der Waals surface area contributed by atoms with Gasteiger partial charge in [0.25, 0.3) is 0 Å². The Balaban J connectivity index is 1.80. The van der Waals surface area contributed by atoms with Crippen molar-refractivity contribution in [3.05, 3.63) is 71.2 Å². The van der Waals surface area contributed by atoms with Gasteiger partial charge in [-0.05, 0) is 55.3 Å². The zero-order chi connectivity index (χ0) is 21.3. The molecule has 3 aromatic rings. The Morgan fingerprint density at radius 2 is 2.03 bits per heavy atom. The molecule has 0 aliphatic carbocycles. The summed E-state index contributed by atoms with van der Waals surface area (Å²) in [6.07, 6.45) is -1.50. The average Bonchev–Trinajstić information content (AvgIpc) is 3.11. The number of amides is 1. The third-order valence-electron chi connectivity index (χ3n) is 4.99. The summed E-state index contributed by atoms with van der Waals surface area (Å²) in [7, 11) is 0. The van der Waals surface area contributed by atoms with Gasteiger partial charge < -0.3 is 0 Å². The van der Waals surface area contributed by atoms with Crippen molar-refractivity contribution in [2.45, 2.75) is 32.4 Å². The number of alkyl halides is 3. The fourth-order valence-electron chi connectivity index (χ4n) is 3.48. The molecule has 0 N–H and O–H groups in total. The van der Waals surface area contributed by atoms with Crippen molar-refractivity contribution in [2.24, 2.45) is 5.10 Å². The van der Waals surface area contributed by atoms with Gasteiger partial charge in [-0.15, -0.1) is 0 Å². The Morgan fingerprint density at radius 1 is 1.20 bits per heavy atom. The second-order valence-electron chi connectivity index (χ2n) is 7.21. The second-order valence-corrected chi connectivity index (χ2v) is 7.21. The molecule has 0 saturated carbocycles. The summed E-state index contributed by atoms with van der Waals surface area (Å²) < 4.78 is 39.7. The summed E-state index contributed by atoms with van der Waals surface area (Å²) in [5.74, 6) is -0.0703. The monoisotopic (exact) mass is 412 g/mol. The van der Waals surface area contributed by atoms with Gasteiger partial charge in [-0.3, -0.25) is 14.8 Å². The van der Waals surface area contributed by atoms with Crippen molar-refractivity contribution in [1.82, 2.24) is 15.0 Å². The molecule has 1 amide bonds. The molecule has 30 heavy (non-hydrogen) atoms. The first kappa shape index (κ1) is 20.0. The Hall–Kier alpha value is -3.29. The molecule has 5 nitrogen and oxygen atoms in total. The Bertz CT molecular complexity index is 1140. The fraction of sp³-hybridized carbons (Fsp3) is 0.273. The maximum Gasteiger partial charge on any atom is 0.416 e.